The first-order valence-corrected chi connectivity index (χ1v) is 9.55. The molecular weight excluding hydrogens is 320 g/mol. The monoisotopic (exact) mass is 344 g/mol. The summed E-state index contributed by atoms with van der Waals surface area (Å²) in [5.41, 5.74) is 3.86. The van der Waals surface area contributed by atoms with Crippen molar-refractivity contribution in [2.75, 3.05) is 19.7 Å². The van der Waals surface area contributed by atoms with Gasteiger partial charge in [-0.05, 0) is 52.9 Å². The van der Waals surface area contributed by atoms with Gasteiger partial charge < -0.3 is 9.47 Å². The van der Waals surface area contributed by atoms with Crippen LogP contribution in [0.3, 0.4) is 0 Å². The average molecular weight is 344 g/mol. The fourth-order valence-corrected chi connectivity index (χ4v) is 4.38. The topological polar surface area (TPSA) is 34.6 Å². The fraction of sp³-hybridized carbons (Fsp3) is 0.526. The molecule has 128 valence electrons. The lowest BCUT2D eigenvalue weighted by Gasteiger charge is -2.53. The van der Waals surface area contributed by atoms with E-state index in [-0.39, 0.29) is 5.60 Å². The molecule has 0 amide bonds. The van der Waals surface area contributed by atoms with Crippen LogP contribution < -0.4 is 0 Å². The van der Waals surface area contributed by atoms with Crippen LogP contribution in [0.15, 0.2) is 35.3 Å². The molecular formula is C19H24N2O2S. The zero-order valence-electron chi connectivity index (χ0n) is 14.1. The third-order valence-corrected chi connectivity index (χ3v) is 5.81. The second kappa shape index (κ2) is 6.92. The predicted molar refractivity (Wildman–Crippen MR) is 95.1 cm³/mol. The molecule has 1 spiro atoms. The van der Waals surface area contributed by atoms with E-state index in [9.17, 15) is 0 Å². The van der Waals surface area contributed by atoms with Crippen LogP contribution >= 0.6 is 11.3 Å². The van der Waals surface area contributed by atoms with Crippen molar-refractivity contribution >= 4 is 11.3 Å². The molecule has 0 aromatic carbocycles. The van der Waals surface area contributed by atoms with Crippen molar-refractivity contribution < 1.29 is 9.47 Å². The molecule has 2 aliphatic rings. The number of pyridine rings is 1. The van der Waals surface area contributed by atoms with Crippen LogP contribution in [0.2, 0.25) is 0 Å². The molecule has 4 heterocycles. The van der Waals surface area contributed by atoms with Crippen molar-refractivity contribution in [1.82, 2.24) is 9.88 Å². The predicted octanol–water partition coefficient (Wildman–Crippen LogP) is 3.40. The third-order valence-electron chi connectivity index (χ3n) is 5.08. The molecule has 24 heavy (non-hydrogen) atoms. The molecule has 2 aromatic rings. The number of likely N-dealkylation sites (tertiary alicyclic amines) is 1. The van der Waals surface area contributed by atoms with Gasteiger partial charge >= 0.3 is 0 Å². The average Bonchev–Trinajstić information content (AvgIpc) is 3.06. The Morgan fingerprint density at radius 3 is 3.12 bits per heavy atom. The van der Waals surface area contributed by atoms with Gasteiger partial charge in [-0.1, -0.05) is 0 Å². The minimum atomic E-state index is 0.0168. The molecule has 0 saturated carbocycles. The smallest absolute Gasteiger partial charge is 0.0959 e. The van der Waals surface area contributed by atoms with Gasteiger partial charge in [0.2, 0.25) is 0 Å². The minimum absolute atomic E-state index is 0.0168. The van der Waals surface area contributed by atoms with Crippen LogP contribution in [-0.4, -0.2) is 41.3 Å². The van der Waals surface area contributed by atoms with Crippen molar-refractivity contribution in [1.29, 1.82) is 0 Å². The van der Waals surface area contributed by atoms with Crippen LogP contribution in [-0.2, 0) is 22.6 Å². The number of hydrogen-bond donors (Lipinski definition) is 0. The summed E-state index contributed by atoms with van der Waals surface area (Å²) in [7, 11) is 0. The molecule has 0 N–H and O–H groups in total. The van der Waals surface area contributed by atoms with Crippen LogP contribution in [0.1, 0.15) is 29.5 Å². The Labute approximate surface area is 147 Å². The number of ether oxygens (including phenoxy) is 2. The summed E-state index contributed by atoms with van der Waals surface area (Å²) >= 11 is 1.77. The van der Waals surface area contributed by atoms with E-state index in [0.717, 1.165) is 39.1 Å². The van der Waals surface area contributed by atoms with E-state index in [1.165, 1.54) is 16.7 Å². The van der Waals surface area contributed by atoms with Crippen molar-refractivity contribution in [3.8, 4) is 0 Å². The van der Waals surface area contributed by atoms with Crippen LogP contribution in [0.25, 0.3) is 0 Å². The molecule has 5 heteroatoms. The summed E-state index contributed by atoms with van der Waals surface area (Å²) in [6, 6.07) is 4.25. The van der Waals surface area contributed by atoms with E-state index < -0.39 is 0 Å². The highest BCUT2D eigenvalue weighted by Gasteiger charge is 2.47. The Morgan fingerprint density at radius 1 is 1.42 bits per heavy atom. The van der Waals surface area contributed by atoms with Gasteiger partial charge in [-0.25, -0.2) is 0 Å². The lowest BCUT2D eigenvalue weighted by Crippen LogP contribution is -2.65. The van der Waals surface area contributed by atoms with Crippen LogP contribution in [0.5, 0.6) is 0 Å². The summed E-state index contributed by atoms with van der Waals surface area (Å²) in [5.74, 6) is 0. The molecule has 4 rings (SSSR count). The van der Waals surface area contributed by atoms with Gasteiger partial charge in [0.05, 0.1) is 18.3 Å². The molecule has 4 nitrogen and oxygen atoms in total. The summed E-state index contributed by atoms with van der Waals surface area (Å²) in [6.07, 6.45) is 6.04. The lowest BCUT2D eigenvalue weighted by atomic mass is 9.84. The normalized spacial score (nSPS) is 23.3. The van der Waals surface area contributed by atoms with Gasteiger partial charge in [-0.2, -0.15) is 11.3 Å². The molecule has 2 fully saturated rings. The standard InChI is InChI=1S/C19H24N2O2S/c1-15-2-5-20-9-17(15)11-22-18-3-6-23-19(8-18)13-21(14-19)10-16-4-7-24-12-16/h2,4-5,7,9,12,18H,3,6,8,10-11,13-14H2,1H3. The summed E-state index contributed by atoms with van der Waals surface area (Å²) in [6.45, 7) is 6.65. The Hall–Kier alpha value is -1.27. The Bertz CT molecular complexity index is 668. The molecule has 2 aliphatic heterocycles. The van der Waals surface area contributed by atoms with Crippen molar-refractivity contribution in [3.05, 3.63) is 52.0 Å². The highest BCUT2D eigenvalue weighted by Crippen LogP contribution is 2.36. The van der Waals surface area contributed by atoms with Crippen molar-refractivity contribution in [3.63, 3.8) is 0 Å². The maximum Gasteiger partial charge on any atom is 0.0959 e. The number of hydrogen-bond acceptors (Lipinski definition) is 5. The van der Waals surface area contributed by atoms with Gasteiger partial charge in [0.25, 0.3) is 0 Å². The first kappa shape index (κ1) is 16.2. The Balaban J connectivity index is 1.28. The van der Waals surface area contributed by atoms with E-state index >= 15 is 0 Å². The number of rotatable bonds is 5. The molecule has 0 bridgehead atoms. The third kappa shape index (κ3) is 3.54. The van der Waals surface area contributed by atoms with E-state index in [2.05, 4.69) is 33.6 Å². The second-order valence-corrected chi connectivity index (χ2v) is 7.82. The quantitative estimate of drug-likeness (QED) is 0.833. The van der Waals surface area contributed by atoms with Crippen LogP contribution in [0, 0.1) is 6.92 Å². The Kier molecular flexibility index (Phi) is 4.68. The lowest BCUT2D eigenvalue weighted by molar-refractivity contribution is -0.200. The van der Waals surface area contributed by atoms with E-state index in [1.807, 2.05) is 18.5 Å². The van der Waals surface area contributed by atoms with Crippen molar-refractivity contribution in [2.45, 2.75) is 44.6 Å². The van der Waals surface area contributed by atoms with Gasteiger partial charge in [-0.15, -0.1) is 0 Å². The molecule has 2 aromatic heterocycles. The van der Waals surface area contributed by atoms with Crippen LogP contribution in [0.4, 0.5) is 0 Å². The second-order valence-electron chi connectivity index (χ2n) is 7.04. The Morgan fingerprint density at radius 2 is 2.33 bits per heavy atom. The maximum atomic E-state index is 6.19. The molecule has 0 aliphatic carbocycles. The molecule has 1 unspecified atom stereocenters. The maximum absolute atomic E-state index is 6.19. The van der Waals surface area contributed by atoms with Gasteiger partial charge in [0, 0.05) is 45.1 Å². The number of aryl methyl sites for hydroxylation is 1. The zero-order chi connectivity index (χ0) is 16.4. The summed E-state index contributed by atoms with van der Waals surface area (Å²) in [5, 5.41) is 4.38. The fourth-order valence-electron chi connectivity index (χ4n) is 3.72. The zero-order valence-corrected chi connectivity index (χ0v) is 14.9. The molecule has 2 saturated heterocycles. The largest absolute Gasteiger partial charge is 0.373 e. The SMILES string of the molecule is Cc1ccncc1COC1CCOC2(C1)CN(Cc1ccsc1)C2. The number of aromatic nitrogens is 1. The summed E-state index contributed by atoms with van der Waals surface area (Å²) < 4.78 is 12.3. The van der Waals surface area contributed by atoms with Gasteiger partial charge in [-0.3, -0.25) is 9.88 Å². The van der Waals surface area contributed by atoms with E-state index in [4.69, 9.17) is 9.47 Å². The van der Waals surface area contributed by atoms with E-state index in [0.29, 0.717) is 12.7 Å². The first-order chi connectivity index (χ1) is 11.7. The molecule has 1 atom stereocenters. The highest BCUT2D eigenvalue weighted by molar-refractivity contribution is 7.07. The first-order valence-electron chi connectivity index (χ1n) is 8.61. The molecule has 0 radical (unpaired) electrons. The minimum Gasteiger partial charge on any atom is -0.373 e. The van der Waals surface area contributed by atoms with Gasteiger partial charge in [0.1, 0.15) is 0 Å². The highest BCUT2D eigenvalue weighted by atomic mass is 32.1. The number of thiophene rings is 1. The number of nitrogens with zero attached hydrogens (tertiary/aromatic N) is 2. The van der Waals surface area contributed by atoms with E-state index in [1.54, 1.807) is 11.3 Å². The van der Waals surface area contributed by atoms with Crippen molar-refractivity contribution in [2.24, 2.45) is 0 Å². The summed E-state index contributed by atoms with van der Waals surface area (Å²) in [4.78, 5) is 6.67. The van der Waals surface area contributed by atoms with Gasteiger partial charge in [0.15, 0.2) is 0 Å².